The fraction of sp³-hybridized carbons (Fsp3) is 0.179. The molecule has 9 heteroatoms. The minimum Gasteiger partial charge on any atom is -0.495 e. The van der Waals surface area contributed by atoms with Gasteiger partial charge in [0.1, 0.15) is 10.7 Å². The van der Waals surface area contributed by atoms with E-state index >= 15 is 0 Å². The van der Waals surface area contributed by atoms with Crippen molar-refractivity contribution in [3.05, 3.63) is 87.8 Å². The Morgan fingerprint density at radius 3 is 2.62 bits per heavy atom. The number of nitriles is 1. The number of thioether (sulfide) groups is 2. The number of carbonyl (C=O) groups is 1. The Kier molecular flexibility index (Phi) is 7.12. The first-order valence-corrected chi connectivity index (χ1v) is 13.4. The standard InChI is InChI=1S/C28H25N5O2S2/c1-4-30-20-14-13-19(16-29)15-21(20)31-28-33(17-18-9-6-5-7-10-18)26(34)25(37-28)27-32(2)24-22(35-3)11-8-12-23(24)36-27/h5-15,30H,4,17H2,1-3H3/b27-25+,31-28?. The molecule has 0 aromatic heterocycles. The average molecular weight is 528 g/mol. The third-order valence-electron chi connectivity index (χ3n) is 5.98. The number of hydrogen-bond donors (Lipinski definition) is 1. The highest BCUT2D eigenvalue weighted by atomic mass is 32.2. The number of rotatable bonds is 6. The van der Waals surface area contributed by atoms with Gasteiger partial charge in [0, 0.05) is 18.5 Å². The smallest absolute Gasteiger partial charge is 0.269 e. The number of anilines is 2. The Balaban J connectivity index is 1.60. The van der Waals surface area contributed by atoms with E-state index in [2.05, 4.69) is 11.4 Å². The molecule has 186 valence electrons. The molecule has 1 amide bonds. The first-order chi connectivity index (χ1) is 18.0. The van der Waals surface area contributed by atoms with E-state index in [1.165, 1.54) is 11.8 Å². The summed E-state index contributed by atoms with van der Waals surface area (Å²) in [6.07, 6.45) is 0. The number of para-hydroxylation sites is 1. The lowest BCUT2D eigenvalue weighted by atomic mass is 10.2. The first-order valence-electron chi connectivity index (χ1n) is 11.8. The minimum absolute atomic E-state index is 0.102. The molecule has 0 spiro atoms. The summed E-state index contributed by atoms with van der Waals surface area (Å²) in [4.78, 5) is 24.2. The van der Waals surface area contributed by atoms with Gasteiger partial charge >= 0.3 is 0 Å². The van der Waals surface area contributed by atoms with Crippen molar-refractivity contribution in [2.75, 3.05) is 30.9 Å². The number of carbonyl (C=O) groups excluding carboxylic acids is 1. The molecule has 2 aliphatic heterocycles. The molecular formula is C28H25N5O2S2. The van der Waals surface area contributed by atoms with Crippen molar-refractivity contribution in [3.63, 3.8) is 0 Å². The maximum Gasteiger partial charge on any atom is 0.269 e. The third kappa shape index (κ3) is 4.78. The lowest BCUT2D eigenvalue weighted by Gasteiger charge is -2.18. The highest BCUT2D eigenvalue weighted by molar-refractivity contribution is 8.19. The fourth-order valence-corrected chi connectivity index (χ4v) is 6.57. The van der Waals surface area contributed by atoms with E-state index in [9.17, 15) is 10.1 Å². The molecule has 3 aromatic rings. The van der Waals surface area contributed by atoms with Gasteiger partial charge in [-0.05, 0) is 54.6 Å². The number of nitrogens with one attached hydrogen (secondary N) is 1. The summed E-state index contributed by atoms with van der Waals surface area (Å²) < 4.78 is 5.59. The second kappa shape index (κ2) is 10.6. The molecule has 0 bridgehead atoms. The van der Waals surface area contributed by atoms with Crippen molar-refractivity contribution >= 4 is 51.7 Å². The zero-order valence-corrected chi connectivity index (χ0v) is 22.3. The van der Waals surface area contributed by atoms with Gasteiger partial charge in [-0.2, -0.15) is 5.26 Å². The number of hydrogen-bond acceptors (Lipinski definition) is 8. The van der Waals surface area contributed by atoms with E-state index in [4.69, 9.17) is 9.73 Å². The van der Waals surface area contributed by atoms with Crippen LogP contribution in [0.5, 0.6) is 5.75 Å². The van der Waals surface area contributed by atoms with Crippen molar-refractivity contribution < 1.29 is 9.53 Å². The topological polar surface area (TPSA) is 81.0 Å². The summed E-state index contributed by atoms with van der Waals surface area (Å²) in [6, 6.07) is 23.3. The maximum atomic E-state index is 13.9. The van der Waals surface area contributed by atoms with E-state index < -0.39 is 0 Å². The molecule has 2 heterocycles. The van der Waals surface area contributed by atoms with Gasteiger partial charge in [0.05, 0.1) is 47.4 Å². The number of ether oxygens (including phenoxy) is 1. The fourth-order valence-electron chi connectivity index (χ4n) is 4.21. The Hall–Kier alpha value is -3.87. The second-order valence-electron chi connectivity index (χ2n) is 8.35. The zero-order chi connectivity index (χ0) is 25.9. The monoisotopic (exact) mass is 527 g/mol. The number of amides is 1. The molecule has 3 aromatic carbocycles. The van der Waals surface area contributed by atoms with Gasteiger partial charge in [0.25, 0.3) is 5.91 Å². The van der Waals surface area contributed by atoms with Crippen LogP contribution in [-0.4, -0.2) is 36.7 Å². The Morgan fingerprint density at radius 2 is 1.89 bits per heavy atom. The molecule has 0 aliphatic carbocycles. The highest BCUT2D eigenvalue weighted by Crippen LogP contribution is 2.53. The van der Waals surface area contributed by atoms with E-state index in [1.54, 1.807) is 35.9 Å². The van der Waals surface area contributed by atoms with Gasteiger partial charge in [-0.15, -0.1) is 0 Å². The molecule has 0 saturated carbocycles. The Morgan fingerprint density at radius 1 is 1.08 bits per heavy atom. The number of nitrogens with zero attached hydrogens (tertiary/aromatic N) is 4. The number of methoxy groups -OCH3 is 1. The molecule has 37 heavy (non-hydrogen) atoms. The van der Waals surface area contributed by atoms with E-state index in [1.807, 2.05) is 73.5 Å². The van der Waals surface area contributed by atoms with Crippen LogP contribution >= 0.6 is 23.5 Å². The molecule has 0 radical (unpaired) electrons. The number of fused-ring (bicyclic) bond motifs is 1. The predicted octanol–water partition coefficient (Wildman–Crippen LogP) is 6.17. The summed E-state index contributed by atoms with van der Waals surface area (Å²) in [5, 5.41) is 14.2. The first kappa shape index (κ1) is 24.8. The van der Waals surface area contributed by atoms with E-state index in [-0.39, 0.29) is 5.91 Å². The quantitative estimate of drug-likeness (QED) is 0.384. The number of amidine groups is 1. The largest absolute Gasteiger partial charge is 0.495 e. The summed E-state index contributed by atoms with van der Waals surface area (Å²) in [6.45, 7) is 3.11. The van der Waals surface area contributed by atoms with Crippen LogP contribution in [0.2, 0.25) is 0 Å². The summed E-state index contributed by atoms with van der Waals surface area (Å²) in [5.41, 5.74) is 3.90. The second-order valence-corrected chi connectivity index (χ2v) is 10.4. The van der Waals surface area contributed by atoms with Crippen LogP contribution in [0, 0.1) is 11.3 Å². The van der Waals surface area contributed by atoms with Crippen molar-refractivity contribution in [2.24, 2.45) is 4.99 Å². The minimum atomic E-state index is -0.102. The highest BCUT2D eigenvalue weighted by Gasteiger charge is 2.40. The van der Waals surface area contributed by atoms with Crippen LogP contribution in [0.15, 0.2) is 86.6 Å². The Bertz CT molecular complexity index is 1460. The molecule has 1 N–H and O–H groups in total. The van der Waals surface area contributed by atoms with Gasteiger partial charge in [-0.3, -0.25) is 9.69 Å². The van der Waals surface area contributed by atoms with Crippen LogP contribution in [0.4, 0.5) is 17.1 Å². The number of aliphatic imine (C=N–C) groups is 1. The van der Waals surface area contributed by atoms with E-state index in [0.717, 1.165) is 32.6 Å². The molecule has 1 saturated heterocycles. The molecular weight excluding hydrogens is 502 g/mol. The third-order valence-corrected chi connectivity index (χ3v) is 8.40. The summed E-state index contributed by atoms with van der Waals surface area (Å²) >= 11 is 2.91. The van der Waals surface area contributed by atoms with Crippen LogP contribution in [0.3, 0.4) is 0 Å². The molecule has 0 atom stereocenters. The molecule has 1 fully saturated rings. The molecule has 0 unspecified atom stereocenters. The van der Waals surface area contributed by atoms with Crippen molar-refractivity contribution in [2.45, 2.75) is 18.4 Å². The van der Waals surface area contributed by atoms with Gasteiger partial charge in [-0.25, -0.2) is 4.99 Å². The van der Waals surface area contributed by atoms with Crippen LogP contribution < -0.4 is 15.0 Å². The summed E-state index contributed by atoms with van der Waals surface area (Å²) in [7, 11) is 3.60. The van der Waals surface area contributed by atoms with Crippen molar-refractivity contribution in [3.8, 4) is 11.8 Å². The average Bonchev–Trinajstić information content (AvgIpc) is 3.41. The van der Waals surface area contributed by atoms with Crippen LogP contribution in [-0.2, 0) is 11.3 Å². The summed E-state index contributed by atoms with van der Waals surface area (Å²) in [5.74, 6) is 0.660. The van der Waals surface area contributed by atoms with Gasteiger partial charge < -0.3 is 15.0 Å². The zero-order valence-electron chi connectivity index (χ0n) is 20.7. The predicted molar refractivity (Wildman–Crippen MR) is 151 cm³/mol. The van der Waals surface area contributed by atoms with Gasteiger partial charge in [-0.1, -0.05) is 48.2 Å². The van der Waals surface area contributed by atoms with Gasteiger partial charge in [0.2, 0.25) is 0 Å². The molecule has 2 aliphatic rings. The molecule has 5 rings (SSSR count). The number of benzene rings is 3. The SMILES string of the molecule is CCNc1ccc(C#N)cc1N=C1S/C(=C2/Sc3cccc(OC)c3N2C)C(=O)N1Cc1ccccc1. The van der Waals surface area contributed by atoms with Crippen molar-refractivity contribution in [1.29, 1.82) is 5.26 Å². The maximum absolute atomic E-state index is 13.9. The normalized spacial score (nSPS) is 17.8. The molecule has 7 nitrogen and oxygen atoms in total. The van der Waals surface area contributed by atoms with Crippen molar-refractivity contribution in [1.82, 2.24) is 4.90 Å². The van der Waals surface area contributed by atoms with Crippen LogP contribution in [0.1, 0.15) is 18.1 Å². The lowest BCUT2D eigenvalue weighted by Crippen LogP contribution is -2.29. The lowest BCUT2D eigenvalue weighted by molar-refractivity contribution is -0.122. The van der Waals surface area contributed by atoms with E-state index in [0.29, 0.717) is 34.4 Å². The van der Waals surface area contributed by atoms with Crippen LogP contribution in [0.25, 0.3) is 0 Å². The Labute approximate surface area is 224 Å². The van der Waals surface area contributed by atoms with Gasteiger partial charge in [0.15, 0.2) is 5.17 Å².